The number of nitrogens with zero attached hydrogens (tertiary/aromatic N) is 3. The van der Waals surface area contributed by atoms with Crippen molar-refractivity contribution in [2.45, 2.75) is 44.5 Å². The van der Waals surface area contributed by atoms with Crippen LogP contribution in [0.4, 0.5) is 0 Å². The minimum absolute atomic E-state index is 0.163. The van der Waals surface area contributed by atoms with Crippen LogP contribution >= 0.6 is 0 Å². The van der Waals surface area contributed by atoms with Crippen molar-refractivity contribution in [1.29, 1.82) is 0 Å². The van der Waals surface area contributed by atoms with Crippen LogP contribution < -0.4 is 9.47 Å². The van der Waals surface area contributed by atoms with Crippen molar-refractivity contribution in [3.63, 3.8) is 0 Å². The first-order chi connectivity index (χ1) is 16.6. The third kappa shape index (κ3) is 3.64. The van der Waals surface area contributed by atoms with Crippen LogP contribution in [0.1, 0.15) is 47.6 Å². The quantitative estimate of drug-likeness (QED) is 0.520. The number of methoxy groups -OCH3 is 1. The number of piperidine rings is 1. The van der Waals surface area contributed by atoms with E-state index in [2.05, 4.69) is 83.6 Å². The van der Waals surface area contributed by atoms with Crippen LogP contribution in [-0.4, -0.2) is 41.5 Å². The molecule has 5 heteroatoms. The minimum atomic E-state index is -0.452. The summed E-state index contributed by atoms with van der Waals surface area (Å²) in [5.74, 6) is 1.70. The monoisotopic (exact) mass is 453 g/mol. The molecule has 1 fully saturated rings. The summed E-state index contributed by atoms with van der Waals surface area (Å²) in [6, 6.07) is 25.8. The van der Waals surface area contributed by atoms with E-state index in [-0.39, 0.29) is 6.04 Å². The molecule has 174 valence electrons. The molecule has 1 spiro atoms. The van der Waals surface area contributed by atoms with E-state index in [0.717, 1.165) is 56.1 Å². The Labute approximate surface area is 201 Å². The molecule has 6 rings (SSSR count). The van der Waals surface area contributed by atoms with Gasteiger partial charge < -0.3 is 9.47 Å². The second kappa shape index (κ2) is 8.48. The van der Waals surface area contributed by atoms with Crippen LogP contribution in [-0.2, 0) is 6.54 Å². The maximum absolute atomic E-state index is 6.87. The van der Waals surface area contributed by atoms with E-state index in [1.807, 2.05) is 6.07 Å². The number of rotatable bonds is 4. The summed E-state index contributed by atoms with van der Waals surface area (Å²) in [4.78, 5) is 2.53. The Morgan fingerprint density at radius 1 is 0.971 bits per heavy atom. The van der Waals surface area contributed by atoms with Gasteiger partial charge in [-0.1, -0.05) is 72.3 Å². The highest BCUT2D eigenvalue weighted by atomic mass is 16.5. The molecule has 0 N–H and O–H groups in total. The van der Waals surface area contributed by atoms with Crippen molar-refractivity contribution in [2.75, 3.05) is 20.2 Å². The molecule has 0 amide bonds. The van der Waals surface area contributed by atoms with Gasteiger partial charge in [-0.25, -0.2) is 5.01 Å². The van der Waals surface area contributed by atoms with E-state index in [1.54, 1.807) is 7.11 Å². The first-order valence-electron chi connectivity index (χ1n) is 12.2. The maximum atomic E-state index is 6.87. The first-order valence-corrected chi connectivity index (χ1v) is 12.2. The average Bonchev–Trinajstić information content (AvgIpc) is 3.33. The van der Waals surface area contributed by atoms with Gasteiger partial charge in [-0.15, -0.1) is 0 Å². The van der Waals surface area contributed by atoms with Gasteiger partial charge in [-0.2, -0.15) is 5.10 Å². The summed E-state index contributed by atoms with van der Waals surface area (Å²) >= 11 is 0. The van der Waals surface area contributed by atoms with Crippen LogP contribution in [0.2, 0.25) is 0 Å². The zero-order valence-corrected chi connectivity index (χ0v) is 19.9. The molecule has 0 aromatic heterocycles. The predicted octanol–water partition coefficient (Wildman–Crippen LogP) is 5.54. The van der Waals surface area contributed by atoms with Crippen LogP contribution in [0.25, 0.3) is 0 Å². The highest BCUT2D eigenvalue weighted by molar-refractivity contribution is 6.02. The fraction of sp³-hybridized carbons (Fsp3) is 0.345. The van der Waals surface area contributed by atoms with Crippen molar-refractivity contribution in [3.8, 4) is 11.5 Å². The van der Waals surface area contributed by atoms with Gasteiger partial charge in [0.2, 0.25) is 5.72 Å². The number of aryl methyl sites for hydroxylation is 1. The first kappa shape index (κ1) is 21.2. The second-order valence-corrected chi connectivity index (χ2v) is 9.67. The molecule has 5 nitrogen and oxygen atoms in total. The third-order valence-electron chi connectivity index (χ3n) is 7.48. The Bertz CT molecular complexity index is 1200. The van der Waals surface area contributed by atoms with Crippen molar-refractivity contribution in [3.05, 3.63) is 95.1 Å². The Morgan fingerprint density at radius 2 is 1.74 bits per heavy atom. The molecule has 3 heterocycles. The van der Waals surface area contributed by atoms with Crippen LogP contribution in [0.15, 0.2) is 77.9 Å². The lowest BCUT2D eigenvalue weighted by molar-refractivity contribution is -0.151. The Hall–Kier alpha value is -3.31. The smallest absolute Gasteiger partial charge is 0.200 e. The molecule has 1 saturated heterocycles. The molecule has 0 radical (unpaired) electrons. The summed E-state index contributed by atoms with van der Waals surface area (Å²) < 4.78 is 12.6. The number of benzene rings is 3. The molecule has 1 atom stereocenters. The zero-order chi connectivity index (χ0) is 23.1. The van der Waals surface area contributed by atoms with Gasteiger partial charge in [-0.05, 0) is 24.1 Å². The van der Waals surface area contributed by atoms with E-state index in [9.17, 15) is 0 Å². The lowest BCUT2D eigenvalue weighted by atomic mass is 9.90. The molecule has 0 unspecified atom stereocenters. The van der Waals surface area contributed by atoms with Crippen molar-refractivity contribution < 1.29 is 9.47 Å². The second-order valence-electron chi connectivity index (χ2n) is 9.67. The zero-order valence-electron chi connectivity index (χ0n) is 19.9. The largest absolute Gasteiger partial charge is 0.493 e. The van der Waals surface area contributed by atoms with E-state index in [0.29, 0.717) is 0 Å². The van der Waals surface area contributed by atoms with Gasteiger partial charge in [0.15, 0.2) is 11.5 Å². The molecule has 34 heavy (non-hydrogen) atoms. The minimum Gasteiger partial charge on any atom is -0.493 e. The van der Waals surface area contributed by atoms with E-state index < -0.39 is 5.72 Å². The highest BCUT2D eigenvalue weighted by Crippen LogP contribution is 2.52. The van der Waals surface area contributed by atoms with Crippen molar-refractivity contribution in [2.24, 2.45) is 5.10 Å². The fourth-order valence-corrected chi connectivity index (χ4v) is 5.58. The summed E-state index contributed by atoms with van der Waals surface area (Å²) in [6.45, 7) is 5.03. The maximum Gasteiger partial charge on any atom is 0.200 e. The van der Waals surface area contributed by atoms with E-state index >= 15 is 0 Å². The standard InChI is InChI=1S/C29H31N3O2/c1-21-11-13-23(14-12-21)25-19-26-24-9-6-10-27(33-2)28(24)34-29(32(26)30-25)15-17-31(18-16-29)20-22-7-4-3-5-8-22/h3-14,26H,15-20H2,1-2H3/t26-/m1/s1. The summed E-state index contributed by atoms with van der Waals surface area (Å²) in [5, 5.41) is 7.50. The molecule has 0 aliphatic carbocycles. The molecule has 3 aromatic rings. The number of hydrogen-bond donors (Lipinski definition) is 0. The van der Waals surface area contributed by atoms with Crippen LogP contribution in [0.5, 0.6) is 11.5 Å². The Kier molecular flexibility index (Phi) is 5.30. The van der Waals surface area contributed by atoms with Crippen molar-refractivity contribution in [1.82, 2.24) is 9.91 Å². The molecule has 3 aliphatic heterocycles. The topological polar surface area (TPSA) is 37.3 Å². The summed E-state index contributed by atoms with van der Waals surface area (Å²) in [7, 11) is 1.73. The molecular formula is C29H31N3O2. The van der Waals surface area contributed by atoms with Gasteiger partial charge >= 0.3 is 0 Å². The number of hydrogen-bond acceptors (Lipinski definition) is 5. The predicted molar refractivity (Wildman–Crippen MR) is 134 cm³/mol. The number of fused-ring (bicyclic) bond motifs is 4. The van der Waals surface area contributed by atoms with Gasteiger partial charge in [0, 0.05) is 44.5 Å². The highest BCUT2D eigenvalue weighted by Gasteiger charge is 2.52. The van der Waals surface area contributed by atoms with E-state index in [4.69, 9.17) is 14.6 Å². The van der Waals surface area contributed by atoms with Crippen molar-refractivity contribution >= 4 is 5.71 Å². The van der Waals surface area contributed by atoms with Crippen LogP contribution in [0.3, 0.4) is 0 Å². The molecule has 0 saturated carbocycles. The van der Waals surface area contributed by atoms with Gasteiger partial charge in [0.05, 0.1) is 18.9 Å². The summed E-state index contributed by atoms with van der Waals surface area (Å²) in [6.07, 6.45) is 2.68. The average molecular weight is 454 g/mol. The fourth-order valence-electron chi connectivity index (χ4n) is 5.58. The Balaban J connectivity index is 1.33. The third-order valence-corrected chi connectivity index (χ3v) is 7.48. The summed E-state index contributed by atoms with van der Waals surface area (Å²) in [5.41, 5.74) is 5.67. The van der Waals surface area contributed by atoms with Crippen LogP contribution in [0, 0.1) is 6.92 Å². The van der Waals surface area contributed by atoms with Gasteiger partial charge in [-0.3, -0.25) is 4.90 Å². The molecule has 0 bridgehead atoms. The number of hydrazone groups is 1. The lowest BCUT2D eigenvalue weighted by Gasteiger charge is -2.51. The van der Waals surface area contributed by atoms with E-state index in [1.165, 1.54) is 22.3 Å². The normalized spacial score (nSPS) is 20.9. The molecule has 3 aliphatic rings. The number of para-hydroxylation sites is 1. The SMILES string of the molecule is COc1cccc2c1OC1(CCN(Cc3ccccc3)CC1)N1N=C(c3ccc(C)cc3)C[C@H]21. The number of likely N-dealkylation sites (tertiary alicyclic amines) is 1. The lowest BCUT2D eigenvalue weighted by Crippen LogP contribution is -2.59. The van der Waals surface area contributed by atoms with Gasteiger partial charge in [0.25, 0.3) is 0 Å². The number of ether oxygens (including phenoxy) is 2. The molecular weight excluding hydrogens is 422 g/mol. The molecule has 3 aromatic carbocycles. The Morgan fingerprint density at radius 3 is 2.47 bits per heavy atom. The van der Waals surface area contributed by atoms with Gasteiger partial charge in [0.1, 0.15) is 0 Å².